The smallest absolute Gasteiger partial charge is 0.273 e. The zero-order valence-electron chi connectivity index (χ0n) is 14.7. The molecule has 3 amide bonds. The second kappa shape index (κ2) is 7.74. The summed E-state index contributed by atoms with van der Waals surface area (Å²) in [5.41, 5.74) is 5.31. The van der Waals surface area contributed by atoms with E-state index in [4.69, 9.17) is 4.42 Å². The molecule has 1 aliphatic heterocycles. The largest absolute Gasteiger partial charge is 0.466 e. The van der Waals surface area contributed by atoms with E-state index in [1.807, 2.05) is 11.4 Å². The number of carbonyl (C=O) groups is 3. The minimum atomic E-state index is -0.405. The van der Waals surface area contributed by atoms with Gasteiger partial charge in [0, 0.05) is 19.0 Å². The molecule has 2 N–H and O–H groups in total. The highest BCUT2D eigenvalue weighted by Crippen LogP contribution is 2.21. The van der Waals surface area contributed by atoms with Crippen LogP contribution >= 0.6 is 11.3 Å². The molecule has 26 heavy (non-hydrogen) atoms. The lowest BCUT2D eigenvalue weighted by Gasteiger charge is -2.31. The molecule has 1 saturated heterocycles. The Balaban J connectivity index is 1.47. The maximum atomic E-state index is 12.3. The molecule has 8 heteroatoms. The summed E-state index contributed by atoms with van der Waals surface area (Å²) < 4.78 is 5.31. The van der Waals surface area contributed by atoms with Crippen LogP contribution in [0.5, 0.6) is 0 Å². The molecular formula is C18H21N3O4S. The van der Waals surface area contributed by atoms with Crippen molar-refractivity contribution in [2.45, 2.75) is 26.7 Å². The molecule has 0 aromatic carbocycles. The number of hydrazine groups is 1. The third-order valence-electron chi connectivity index (χ3n) is 4.47. The number of nitrogens with one attached hydrogen (secondary N) is 2. The van der Waals surface area contributed by atoms with Gasteiger partial charge in [-0.25, -0.2) is 0 Å². The van der Waals surface area contributed by atoms with Gasteiger partial charge < -0.3 is 9.32 Å². The Hall–Kier alpha value is -2.61. The number of piperidine rings is 1. The zero-order valence-corrected chi connectivity index (χ0v) is 15.5. The molecule has 7 nitrogen and oxygen atoms in total. The quantitative estimate of drug-likeness (QED) is 0.805. The number of aryl methyl sites for hydroxylation is 2. The highest BCUT2D eigenvalue weighted by atomic mass is 32.1. The second-order valence-corrected chi connectivity index (χ2v) is 7.26. The van der Waals surface area contributed by atoms with Gasteiger partial charge in [0.15, 0.2) is 0 Å². The Labute approximate surface area is 155 Å². The number of amides is 3. The van der Waals surface area contributed by atoms with Gasteiger partial charge in [-0.3, -0.25) is 25.2 Å². The van der Waals surface area contributed by atoms with Crippen LogP contribution in [0.25, 0.3) is 0 Å². The first kappa shape index (κ1) is 18.2. The van der Waals surface area contributed by atoms with Gasteiger partial charge in [-0.05, 0) is 44.2 Å². The molecule has 1 fully saturated rings. The Morgan fingerprint density at radius 2 is 1.92 bits per heavy atom. The molecule has 0 saturated carbocycles. The van der Waals surface area contributed by atoms with Crippen LogP contribution in [0.2, 0.25) is 0 Å². The molecule has 2 aromatic heterocycles. The lowest BCUT2D eigenvalue weighted by molar-refractivity contribution is -0.127. The molecule has 0 unspecified atom stereocenters. The Kier molecular flexibility index (Phi) is 5.41. The summed E-state index contributed by atoms with van der Waals surface area (Å²) in [5.74, 6) is 0.293. The summed E-state index contributed by atoms with van der Waals surface area (Å²) in [6.45, 7) is 4.52. The molecular weight excluding hydrogens is 354 g/mol. The van der Waals surface area contributed by atoms with Gasteiger partial charge in [0.1, 0.15) is 11.5 Å². The van der Waals surface area contributed by atoms with E-state index in [-0.39, 0.29) is 17.7 Å². The van der Waals surface area contributed by atoms with Crippen molar-refractivity contribution in [3.8, 4) is 0 Å². The molecule has 0 spiro atoms. The van der Waals surface area contributed by atoms with E-state index >= 15 is 0 Å². The molecule has 0 bridgehead atoms. The van der Waals surface area contributed by atoms with Crippen LogP contribution in [0.1, 0.15) is 44.4 Å². The normalized spacial score (nSPS) is 14.9. The summed E-state index contributed by atoms with van der Waals surface area (Å²) in [6, 6.07) is 5.29. The fourth-order valence-electron chi connectivity index (χ4n) is 3.04. The number of likely N-dealkylation sites (tertiary alicyclic amines) is 1. The number of carbonyl (C=O) groups excluding carboxylic acids is 3. The monoisotopic (exact) mass is 375 g/mol. The first-order chi connectivity index (χ1) is 12.5. The van der Waals surface area contributed by atoms with Gasteiger partial charge in [-0.1, -0.05) is 6.07 Å². The van der Waals surface area contributed by atoms with Crippen molar-refractivity contribution >= 4 is 29.1 Å². The van der Waals surface area contributed by atoms with E-state index in [2.05, 4.69) is 10.9 Å². The fraction of sp³-hybridized carbons (Fsp3) is 0.389. The second-order valence-electron chi connectivity index (χ2n) is 6.31. The molecule has 0 atom stereocenters. The van der Waals surface area contributed by atoms with E-state index in [1.165, 1.54) is 11.3 Å². The highest BCUT2D eigenvalue weighted by Gasteiger charge is 2.28. The van der Waals surface area contributed by atoms with Gasteiger partial charge in [0.05, 0.1) is 10.4 Å². The predicted octanol–water partition coefficient (Wildman–Crippen LogP) is 2.27. The van der Waals surface area contributed by atoms with Crippen LogP contribution in [0.15, 0.2) is 28.0 Å². The number of furan rings is 1. The summed E-state index contributed by atoms with van der Waals surface area (Å²) in [5, 5.41) is 1.87. The molecule has 3 rings (SSSR count). The summed E-state index contributed by atoms with van der Waals surface area (Å²) >= 11 is 1.42. The number of hydrogen-bond acceptors (Lipinski definition) is 5. The van der Waals surface area contributed by atoms with Crippen LogP contribution in [0.4, 0.5) is 0 Å². The van der Waals surface area contributed by atoms with Crippen LogP contribution in [-0.4, -0.2) is 35.7 Å². The van der Waals surface area contributed by atoms with Crippen LogP contribution < -0.4 is 10.9 Å². The Morgan fingerprint density at radius 3 is 2.50 bits per heavy atom. The van der Waals surface area contributed by atoms with E-state index < -0.39 is 5.91 Å². The van der Waals surface area contributed by atoms with E-state index in [0.29, 0.717) is 47.9 Å². The van der Waals surface area contributed by atoms with Gasteiger partial charge in [0.2, 0.25) is 5.91 Å². The van der Waals surface area contributed by atoms with Gasteiger partial charge in [-0.2, -0.15) is 0 Å². The first-order valence-electron chi connectivity index (χ1n) is 8.45. The van der Waals surface area contributed by atoms with E-state index in [0.717, 1.165) is 0 Å². The van der Waals surface area contributed by atoms with Crippen LogP contribution in [0.3, 0.4) is 0 Å². The lowest BCUT2D eigenvalue weighted by atomic mass is 9.96. The molecule has 0 aliphatic carbocycles. The SMILES string of the molecule is Cc1cc(C(=O)NNC(=O)C2CCN(C(=O)c3cccs3)CC2)c(C)o1. The number of hydrogen-bond donors (Lipinski definition) is 2. The van der Waals surface area contributed by atoms with E-state index in [1.54, 1.807) is 30.9 Å². The van der Waals surface area contributed by atoms with Crippen LogP contribution in [-0.2, 0) is 4.79 Å². The topological polar surface area (TPSA) is 91.7 Å². The summed E-state index contributed by atoms with van der Waals surface area (Å²) in [7, 11) is 0. The maximum absolute atomic E-state index is 12.3. The van der Waals surface area contributed by atoms with Crippen molar-refractivity contribution in [2.75, 3.05) is 13.1 Å². The third-order valence-corrected chi connectivity index (χ3v) is 5.33. The number of nitrogens with zero attached hydrogens (tertiary/aromatic N) is 1. The van der Waals surface area contributed by atoms with Crippen molar-refractivity contribution in [3.63, 3.8) is 0 Å². The van der Waals surface area contributed by atoms with Crippen molar-refractivity contribution in [2.24, 2.45) is 5.92 Å². The summed E-state index contributed by atoms with van der Waals surface area (Å²) in [4.78, 5) is 39.2. The van der Waals surface area contributed by atoms with Gasteiger partial charge in [0.25, 0.3) is 11.8 Å². The van der Waals surface area contributed by atoms with Crippen molar-refractivity contribution in [1.82, 2.24) is 15.8 Å². The fourth-order valence-corrected chi connectivity index (χ4v) is 3.74. The zero-order chi connectivity index (χ0) is 18.7. The maximum Gasteiger partial charge on any atom is 0.273 e. The van der Waals surface area contributed by atoms with Gasteiger partial charge in [-0.15, -0.1) is 11.3 Å². The number of rotatable bonds is 3. The standard InChI is InChI=1S/C18H21N3O4S/c1-11-10-14(12(2)25-11)17(23)20-19-16(22)13-5-7-21(8-6-13)18(24)15-4-3-9-26-15/h3-4,9-10,13H,5-8H2,1-2H3,(H,19,22)(H,20,23). The number of thiophene rings is 1. The minimum Gasteiger partial charge on any atom is -0.466 e. The molecule has 0 radical (unpaired) electrons. The third kappa shape index (κ3) is 3.96. The van der Waals surface area contributed by atoms with E-state index in [9.17, 15) is 14.4 Å². The molecule has 3 heterocycles. The average molecular weight is 375 g/mol. The van der Waals surface area contributed by atoms with Gasteiger partial charge >= 0.3 is 0 Å². The van der Waals surface area contributed by atoms with Crippen molar-refractivity contribution in [3.05, 3.63) is 45.5 Å². The van der Waals surface area contributed by atoms with Crippen LogP contribution in [0, 0.1) is 19.8 Å². The summed E-state index contributed by atoms with van der Waals surface area (Å²) in [6.07, 6.45) is 1.14. The highest BCUT2D eigenvalue weighted by molar-refractivity contribution is 7.12. The minimum absolute atomic E-state index is 0.0120. The Bertz CT molecular complexity index is 805. The van der Waals surface area contributed by atoms with Crippen molar-refractivity contribution < 1.29 is 18.8 Å². The lowest BCUT2D eigenvalue weighted by Crippen LogP contribution is -2.48. The molecule has 2 aromatic rings. The molecule has 1 aliphatic rings. The average Bonchev–Trinajstić information content (AvgIpc) is 3.28. The predicted molar refractivity (Wildman–Crippen MR) is 96.7 cm³/mol. The molecule has 138 valence electrons. The first-order valence-corrected chi connectivity index (χ1v) is 9.33. The Morgan fingerprint density at radius 1 is 1.19 bits per heavy atom. The van der Waals surface area contributed by atoms with Crippen molar-refractivity contribution in [1.29, 1.82) is 0 Å².